The van der Waals surface area contributed by atoms with Gasteiger partial charge in [-0.15, -0.1) is 0 Å². The number of carbonyl (C=O) groups is 1. The standard InChI is InChI=1S/C20H16Cl2O2/c1-24-16-9-12-11-20(13-5-3-2-4-6-13)8-7-14(23)10-15(20)17(12)19(22)18(16)21/h2-6,9-10H,7-8,11H2,1H3. The Kier molecular flexibility index (Phi) is 3.70. The molecular weight excluding hydrogens is 343 g/mol. The number of hydrogen-bond acceptors (Lipinski definition) is 2. The first-order chi connectivity index (χ1) is 11.6. The fraction of sp³-hybridized carbons (Fsp3) is 0.250. The lowest BCUT2D eigenvalue weighted by molar-refractivity contribution is -0.115. The van der Waals surface area contributed by atoms with E-state index in [-0.39, 0.29) is 11.2 Å². The van der Waals surface area contributed by atoms with E-state index in [1.165, 1.54) is 5.56 Å². The van der Waals surface area contributed by atoms with Gasteiger partial charge in [-0.05, 0) is 41.7 Å². The van der Waals surface area contributed by atoms with Crippen LogP contribution in [-0.2, 0) is 16.6 Å². The Morgan fingerprint density at radius 1 is 1.12 bits per heavy atom. The zero-order valence-electron chi connectivity index (χ0n) is 13.2. The molecule has 0 aromatic heterocycles. The van der Waals surface area contributed by atoms with E-state index in [1.807, 2.05) is 24.3 Å². The van der Waals surface area contributed by atoms with Gasteiger partial charge in [-0.1, -0.05) is 53.5 Å². The van der Waals surface area contributed by atoms with Crippen LogP contribution < -0.4 is 4.74 Å². The molecule has 0 fully saturated rings. The van der Waals surface area contributed by atoms with Crippen molar-refractivity contribution in [3.05, 3.63) is 69.2 Å². The SMILES string of the molecule is COc1cc2c(c(Cl)c1Cl)C1=CC(=O)CCC1(c1ccccc1)C2. The van der Waals surface area contributed by atoms with E-state index in [2.05, 4.69) is 12.1 Å². The van der Waals surface area contributed by atoms with Crippen molar-refractivity contribution in [3.63, 3.8) is 0 Å². The van der Waals surface area contributed by atoms with Gasteiger partial charge in [0, 0.05) is 17.4 Å². The predicted octanol–water partition coefficient (Wildman–Crippen LogP) is 5.24. The minimum absolute atomic E-state index is 0.146. The predicted molar refractivity (Wildman–Crippen MR) is 97.1 cm³/mol. The molecule has 2 aliphatic rings. The van der Waals surface area contributed by atoms with Crippen LogP contribution >= 0.6 is 23.2 Å². The number of carbonyl (C=O) groups excluding carboxylic acids is 1. The highest BCUT2D eigenvalue weighted by atomic mass is 35.5. The Morgan fingerprint density at radius 3 is 2.58 bits per heavy atom. The zero-order chi connectivity index (χ0) is 16.9. The van der Waals surface area contributed by atoms with Gasteiger partial charge >= 0.3 is 0 Å². The van der Waals surface area contributed by atoms with Crippen molar-refractivity contribution < 1.29 is 9.53 Å². The molecule has 2 aromatic carbocycles. The maximum Gasteiger partial charge on any atom is 0.156 e. The second-order valence-electron chi connectivity index (χ2n) is 6.39. The van der Waals surface area contributed by atoms with Gasteiger partial charge in [0.15, 0.2) is 5.78 Å². The average Bonchev–Trinajstić information content (AvgIpc) is 2.93. The number of allylic oxidation sites excluding steroid dienone is 2. The second kappa shape index (κ2) is 5.65. The van der Waals surface area contributed by atoms with E-state index < -0.39 is 0 Å². The first-order valence-corrected chi connectivity index (χ1v) is 8.68. The highest BCUT2D eigenvalue weighted by molar-refractivity contribution is 6.44. The number of halogens is 2. The van der Waals surface area contributed by atoms with Crippen molar-refractivity contribution >= 4 is 34.6 Å². The summed E-state index contributed by atoms with van der Waals surface area (Å²) in [5.41, 5.74) is 3.99. The second-order valence-corrected chi connectivity index (χ2v) is 7.15. The summed E-state index contributed by atoms with van der Waals surface area (Å²) in [7, 11) is 1.59. The molecule has 2 nitrogen and oxygen atoms in total. The van der Waals surface area contributed by atoms with Crippen LogP contribution in [0, 0.1) is 0 Å². The third-order valence-corrected chi connectivity index (χ3v) is 6.03. The quantitative estimate of drug-likeness (QED) is 0.733. The number of hydrogen-bond donors (Lipinski definition) is 0. The lowest BCUT2D eigenvalue weighted by Gasteiger charge is -2.34. The van der Waals surface area contributed by atoms with Gasteiger partial charge in [0.25, 0.3) is 0 Å². The Balaban J connectivity index is 1.99. The molecular formula is C20H16Cl2O2. The van der Waals surface area contributed by atoms with Gasteiger partial charge in [0.1, 0.15) is 10.8 Å². The van der Waals surface area contributed by atoms with Crippen molar-refractivity contribution in [3.8, 4) is 5.75 Å². The van der Waals surface area contributed by atoms with Crippen LogP contribution in [0.1, 0.15) is 29.5 Å². The van der Waals surface area contributed by atoms with Crippen molar-refractivity contribution in [1.82, 2.24) is 0 Å². The van der Waals surface area contributed by atoms with Gasteiger partial charge in [-0.3, -0.25) is 4.79 Å². The monoisotopic (exact) mass is 358 g/mol. The van der Waals surface area contributed by atoms with E-state index in [0.717, 1.165) is 29.5 Å². The summed E-state index contributed by atoms with van der Waals surface area (Å²) in [5, 5.41) is 0.880. The topological polar surface area (TPSA) is 26.3 Å². The number of methoxy groups -OCH3 is 1. The molecule has 0 radical (unpaired) electrons. The van der Waals surface area contributed by atoms with Crippen LogP contribution in [0.25, 0.3) is 5.57 Å². The molecule has 0 spiro atoms. The summed E-state index contributed by atoms with van der Waals surface area (Å²) in [4.78, 5) is 12.1. The van der Waals surface area contributed by atoms with Gasteiger partial charge < -0.3 is 4.74 Å². The Morgan fingerprint density at radius 2 is 1.88 bits per heavy atom. The van der Waals surface area contributed by atoms with Gasteiger partial charge in [0.2, 0.25) is 0 Å². The zero-order valence-corrected chi connectivity index (χ0v) is 14.7. The van der Waals surface area contributed by atoms with Gasteiger partial charge in [0.05, 0.1) is 12.1 Å². The number of fused-ring (bicyclic) bond motifs is 3. The van der Waals surface area contributed by atoms with E-state index in [4.69, 9.17) is 27.9 Å². The highest BCUT2D eigenvalue weighted by Crippen LogP contribution is 2.57. The summed E-state index contributed by atoms with van der Waals surface area (Å²) in [6, 6.07) is 12.3. The van der Waals surface area contributed by atoms with Crippen LogP contribution in [0.5, 0.6) is 5.75 Å². The summed E-state index contributed by atoms with van der Waals surface area (Å²) in [5.74, 6) is 0.724. The number of rotatable bonds is 2. The van der Waals surface area contributed by atoms with Crippen molar-refractivity contribution in [2.24, 2.45) is 0 Å². The fourth-order valence-electron chi connectivity index (χ4n) is 4.05. The third kappa shape index (κ3) is 2.13. The van der Waals surface area contributed by atoms with Crippen LogP contribution in [0.3, 0.4) is 0 Å². The molecule has 0 amide bonds. The Hall–Kier alpha value is -1.77. The van der Waals surface area contributed by atoms with E-state index in [9.17, 15) is 4.79 Å². The third-order valence-electron chi connectivity index (χ3n) is 5.18. The largest absolute Gasteiger partial charge is 0.495 e. The molecule has 4 heteroatoms. The van der Waals surface area contributed by atoms with Crippen LogP contribution in [0.4, 0.5) is 0 Å². The lowest BCUT2D eigenvalue weighted by Crippen LogP contribution is -2.30. The number of ketones is 1. The Bertz CT molecular complexity index is 871. The molecule has 0 bridgehead atoms. The minimum Gasteiger partial charge on any atom is -0.495 e. The average molecular weight is 359 g/mol. The Labute approximate surface area is 151 Å². The highest BCUT2D eigenvalue weighted by Gasteiger charge is 2.47. The molecule has 0 saturated heterocycles. The number of ether oxygens (including phenoxy) is 1. The molecule has 1 unspecified atom stereocenters. The van der Waals surface area contributed by atoms with E-state index in [0.29, 0.717) is 22.2 Å². The summed E-state index contributed by atoms with van der Waals surface area (Å²) in [6.45, 7) is 0. The van der Waals surface area contributed by atoms with Crippen molar-refractivity contribution in [2.45, 2.75) is 24.7 Å². The van der Waals surface area contributed by atoms with Crippen LogP contribution in [0.15, 0.2) is 42.5 Å². The van der Waals surface area contributed by atoms with E-state index >= 15 is 0 Å². The van der Waals surface area contributed by atoms with Gasteiger partial charge in [-0.2, -0.15) is 0 Å². The summed E-state index contributed by atoms with van der Waals surface area (Å²) >= 11 is 12.9. The fourth-order valence-corrected chi connectivity index (χ4v) is 4.60. The molecule has 0 saturated carbocycles. The molecule has 2 aliphatic carbocycles. The molecule has 0 heterocycles. The number of benzene rings is 2. The summed E-state index contributed by atoms with van der Waals surface area (Å²) in [6.07, 6.45) is 3.90. The van der Waals surface area contributed by atoms with Crippen LogP contribution in [-0.4, -0.2) is 12.9 Å². The maximum atomic E-state index is 12.1. The molecule has 4 rings (SSSR count). The summed E-state index contributed by atoms with van der Waals surface area (Å²) < 4.78 is 5.36. The lowest BCUT2D eigenvalue weighted by atomic mass is 9.68. The van der Waals surface area contributed by atoms with Gasteiger partial charge in [-0.25, -0.2) is 0 Å². The van der Waals surface area contributed by atoms with Crippen molar-refractivity contribution in [2.75, 3.05) is 7.11 Å². The van der Waals surface area contributed by atoms with E-state index in [1.54, 1.807) is 13.2 Å². The minimum atomic E-state index is -0.211. The normalized spacial score (nSPS) is 22.0. The molecule has 2 aromatic rings. The first kappa shape index (κ1) is 15.7. The molecule has 24 heavy (non-hydrogen) atoms. The smallest absolute Gasteiger partial charge is 0.156 e. The van der Waals surface area contributed by atoms with Crippen LogP contribution in [0.2, 0.25) is 10.0 Å². The first-order valence-electron chi connectivity index (χ1n) is 7.92. The molecule has 0 N–H and O–H groups in total. The molecule has 122 valence electrons. The molecule has 1 atom stereocenters. The maximum absolute atomic E-state index is 12.1. The molecule has 0 aliphatic heterocycles. The van der Waals surface area contributed by atoms with Crippen molar-refractivity contribution in [1.29, 1.82) is 0 Å².